The Bertz CT molecular complexity index is 842. The highest BCUT2D eigenvalue weighted by molar-refractivity contribution is 6.30. The Kier molecular flexibility index (Phi) is 5.13. The van der Waals surface area contributed by atoms with Crippen LogP contribution in [-0.4, -0.2) is 38.9 Å². The zero-order valence-electron chi connectivity index (χ0n) is 14.4. The number of halogens is 1. The van der Waals surface area contributed by atoms with Crippen LogP contribution in [0.25, 0.3) is 5.69 Å². The number of nitrogens with zero attached hydrogens (tertiary/aromatic N) is 5. The lowest BCUT2D eigenvalue weighted by molar-refractivity contribution is 0.410. The normalized spacial score (nSPS) is 15.3. The van der Waals surface area contributed by atoms with Crippen molar-refractivity contribution in [3.63, 3.8) is 0 Å². The predicted molar refractivity (Wildman–Crippen MR) is 103 cm³/mol. The average Bonchev–Trinajstić information content (AvgIpc) is 3.17. The van der Waals surface area contributed by atoms with Crippen molar-refractivity contribution >= 4 is 17.4 Å². The first-order valence-electron chi connectivity index (χ1n) is 8.83. The molecule has 4 rings (SSSR count). The lowest BCUT2D eigenvalue weighted by Crippen LogP contribution is -2.42. The van der Waals surface area contributed by atoms with Gasteiger partial charge in [-0.2, -0.15) is 5.10 Å². The molecule has 0 saturated carbocycles. The van der Waals surface area contributed by atoms with Gasteiger partial charge in [0.2, 0.25) is 0 Å². The minimum atomic E-state index is 0.504. The number of nitrogens with one attached hydrogen (secondary N) is 1. The Labute approximate surface area is 157 Å². The molecule has 1 aromatic carbocycles. The van der Waals surface area contributed by atoms with Gasteiger partial charge in [-0.3, -0.25) is 0 Å². The van der Waals surface area contributed by atoms with E-state index in [-0.39, 0.29) is 0 Å². The van der Waals surface area contributed by atoms with Gasteiger partial charge in [0.1, 0.15) is 12.1 Å². The van der Waals surface area contributed by atoms with E-state index in [1.54, 1.807) is 12.5 Å². The first-order chi connectivity index (χ1) is 12.8. The Balaban J connectivity index is 1.29. The highest BCUT2D eigenvalue weighted by Crippen LogP contribution is 2.17. The molecule has 0 spiro atoms. The molecule has 134 valence electrons. The molecule has 26 heavy (non-hydrogen) atoms. The van der Waals surface area contributed by atoms with Gasteiger partial charge >= 0.3 is 0 Å². The molecule has 6 nitrogen and oxygen atoms in total. The van der Waals surface area contributed by atoms with Crippen LogP contribution >= 0.6 is 11.6 Å². The van der Waals surface area contributed by atoms with Crippen molar-refractivity contribution < 1.29 is 0 Å². The summed E-state index contributed by atoms with van der Waals surface area (Å²) >= 11 is 6.05. The van der Waals surface area contributed by atoms with Crippen LogP contribution in [0.4, 0.5) is 5.82 Å². The molecule has 0 atom stereocenters. The number of benzene rings is 1. The summed E-state index contributed by atoms with van der Waals surface area (Å²) in [5, 5.41) is 8.98. The summed E-state index contributed by atoms with van der Waals surface area (Å²) in [6.07, 6.45) is 7.57. The fraction of sp³-hybridized carbons (Fsp3) is 0.316. The quantitative estimate of drug-likeness (QED) is 0.750. The summed E-state index contributed by atoms with van der Waals surface area (Å²) in [6, 6.07) is 12.2. The number of hydrogen-bond donors (Lipinski definition) is 1. The Hall–Kier alpha value is -2.44. The fourth-order valence-corrected chi connectivity index (χ4v) is 3.44. The van der Waals surface area contributed by atoms with Crippen molar-refractivity contribution in [1.82, 2.24) is 25.1 Å². The van der Waals surface area contributed by atoms with Gasteiger partial charge in [-0.05, 0) is 43.2 Å². The van der Waals surface area contributed by atoms with E-state index < -0.39 is 0 Å². The largest absolute Gasteiger partial charge is 0.356 e. The smallest absolute Gasteiger partial charge is 0.131 e. The highest BCUT2D eigenvalue weighted by Gasteiger charge is 2.19. The molecule has 0 aliphatic carbocycles. The highest BCUT2D eigenvalue weighted by atomic mass is 35.5. The van der Waals surface area contributed by atoms with E-state index >= 15 is 0 Å². The molecule has 3 heterocycles. The third kappa shape index (κ3) is 4.03. The van der Waals surface area contributed by atoms with E-state index in [2.05, 4.69) is 25.3 Å². The van der Waals surface area contributed by atoms with Gasteiger partial charge in [0, 0.05) is 43.1 Å². The van der Waals surface area contributed by atoms with Gasteiger partial charge in [-0.25, -0.2) is 14.6 Å². The van der Waals surface area contributed by atoms with Crippen LogP contribution in [0.3, 0.4) is 0 Å². The minimum Gasteiger partial charge on any atom is -0.356 e. The van der Waals surface area contributed by atoms with Crippen LogP contribution in [0, 0.1) is 0 Å². The molecule has 1 saturated heterocycles. The van der Waals surface area contributed by atoms with E-state index in [9.17, 15) is 0 Å². The van der Waals surface area contributed by atoms with Crippen LogP contribution < -0.4 is 10.2 Å². The minimum absolute atomic E-state index is 0.504. The molecule has 2 aromatic heterocycles. The maximum absolute atomic E-state index is 6.05. The van der Waals surface area contributed by atoms with Crippen molar-refractivity contribution in [2.75, 3.05) is 18.0 Å². The number of anilines is 1. The van der Waals surface area contributed by atoms with Gasteiger partial charge in [0.05, 0.1) is 11.4 Å². The van der Waals surface area contributed by atoms with E-state index in [0.29, 0.717) is 11.1 Å². The van der Waals surface area contributed by atoms with Gasteiger partial charge in [0.15, 0.2) is 0 Å². The Morgan fingerprint density at radius 3 is 2.81 bits per heavy atom. The molecule has 1 aliphatic heterocycles. The van der Waals surface area contributed by atoms with Crippen LogP contribution in [0.1, 0.15) is 18.5 Å². The molecule has 1 aliphatic rings. The van der Waals surface area contributed by atoms with Crippen molar-refractivity contribution in [3.8, 4) is 5.69 Å². The van der Waals surface area contributed by atoms with Gasteiger partial charge < -0.3 is 10.2 Å². The Morgan fingerprint density at radius 1 is 1.15 bits per heavy atom. The first kappa shape index (κ1) is 17.0. The van der Waals surface area contributed by atoms with Gasteiger partial charge in [-0.1, -0.05) is 17.7 Å². The molecule has 1 N–H and O–H groups in total. The zero-order valence-corrected chi connectivity index (χ0v) is 15.2. The Morgan fingerprint density at radius 2 is 2.04 bits per heavy atom. The molecular formula is C19H21ClN6. The molecule has 0 amide bonds. The molecule has 0 bridgehead atoms. The van der Waals surface area contributed by atoms with E-state index in [1.807, 2.05) is 47.3 Å². The van der Waals surface area contributed by atoms with Gasteiger partial charge in [0.25, 0.3) is 0 Å². The number of piperidine rings is 1. The zero-order chi connectivity index (χ0) is 17.8. The molecule has 7 heteroatoms. The van der Waals surface area contributed by atoms with Crippen molar-refractivity contribution in [2.45, 2.75) is 25.4 Å². The van der Waals surface area contributed by atoms with Crippen LogP contribution in [-0.2, 0) is 6.54 Å². The summed E-state index contributed by atoms with van der Waals surface area (Å²) in [5.74, 6) is 1.01. The van der Waals surface area contributed by atoms with Gasteiger partial charge in [-0.15, -0.1) is 0 Å². The summed E-state index contributed by atoms with van der Waals surface area (Å²) < 4.78 is 1.86. The van der Waals surface area contributed by atoms with Crippen molar-refractivity contribution in [3.05, 3.63) is 65.8 Å². The second-order valence-electron chi connectivity index (χ2n) is 6.44. The second-order valence-corrected chi connectivity index (χ2v) is 6.88. The third-order valence-electron chi connectivity index (χ3n) is 4.67. The molecule has 0 radical (unpaired) electrons. The SMILES string of the molecule is Clc1cccc(-n2ccc(CNC3CCN(c4ccncn4)CC3)n2)c1. The van der Waals surface area contributed by atoms with Crippen molar-refractivity contribution in [1.29, 1.82) is 0 Å². The summed E-state index contributed by atoms with van der Waals surface area (Å²) in [7, 11) is 0. The average molecular weight is 369 g/mol. The standard InChI is InChI=1S/C19H21ClN6/c20-15-2-1-3-18(12-15)26-11-7-17(24-26)13-22-16-5-9-25(10-6-16)19-4-8-21-14-23-19/h1-4,7-8,11-12,14,16,22H,5-6,9-10,13H2. The first-order valence-corrected chi connectivity index (χ1v) is 9.20. The molecule has 0 unspecified atom stereocenters. The topological polar surface area (TPSA) is 58.9 Å². The lowest BCUT2D eigenvalue weighted by Gasteiger charge is -2.33. The summed E-state index contributed by atoms with van der Waals surface area (Å²) in [6.45, 7) is 2.78. The van der Waals surface area contributed by atoms with Crippen LogP contribution in [0.5, 0.6) is 0 Å². The van der Waals surface area contributed by atoms with E-state index in [1.165, 1.54) is 0 Å². The predicted octanol–water partition coefficient (Wildman–Crippen LogP) is 3.07. The number of rotatable bonds is 5. The van der Waals surface area contributed by atoms with Crippen molar-refractivity contribution in [2.24, 2.45) is 0 Å². The summed E-state index contributed by atoms with van der Waals surface area (Å²) in [5.41, 5.74) is 2.00. The number of aromatic nitrogens is 4. The number of hydrogen-bond acceptors (Lipinski definition) is 5. The second kappa shape index (κ2) is 7.85. The fourth-order valence-electron chi connectivity index (χ4n) is 3.25. The maximum atomic E-state index is 6.05. The monoisotopic (exact) mass is 368 g/mol. The van der Waals surface area contributed by atoms with E-state index in [0.717, 1.165) is 49.7 Å². The maximum Gasteiger partial charge on any atom is 0.131 e. The van der Waals surface area contributed by atoms with Crippen LogP contribution in [0.2, 0.25) is 5.02 Å². The molecule has 1 fully saturated rings. The molecular weight excluding hydrogens is 348 g/mol. The third-order valence-corrected chi connectivity index (χ3v) is 4.91. The van der Waals surface area contributed by atoms with E-state index in [4.69, 9.17) is 11.6 Å². The van der Waals surface area contributed by atoms with Crippen LogP contribution in [0.15, 0.2) is 55.1 Å². The lowest BCUT2D eigenvalue weighted by atomic mass is 10.1. The molecule has 3 aromatic rings. The summed E-state index contributed by atoms with van der Waals surface area (Å²) in [4.78, 5) is 10.6.